The molecular formula is C23H29N3O4S. The molecule has 31 heavy (non-hydrogen) atoms. The monoisotopic (exact) mass is 443 g/mol. The van der Waals surface area contributed by atoms with Crippen LogP contribution in [0.15, 0.2) is 47.4 Å². The predicted molar refractivity (Wildman–Crippen MR) is 121 cm³/mol. The summed E-state index contributed by atoms with van der Waals surface area (Å²) >= 11 is 0. The Bertz CT molecular complexity index is 1030. The summed E-state index contributed by atoms with van der Waals surface area (Å²) in [5, 5.41) is 0. The van der Waals surface area contributed by atoms with E-state index in [0.29, 0.717) is 24.3 Å². The first-order valence-electron chi connectivity index (χ1n) is 10.8. The summed E-state index contributed by atoms with van der Waals surface area (Å²) in [5.74, 6) is 0.246. The molecule has 2 aliphatic heterocycles. The Morgan fingerprint density at radius 2 is 1.71 bits per heavy atom. The molecule has 2 aliphatic rings. The van der Waals surface area contributed by atoms with Crippen LogP contribution in [-0.2, 0) is 21.4 Å². The van der Waals surface area contributed by atoms with Crippen molar-refractivity contribution in [3.8, 4) is 5.75 Å². The summed E-state index contributed by atoms with van der Waals surface area (Å²) in [7, 11) is -2.45. The van der Waals surface area contributed by atoms with Gasteiger partial charge in [0.05, 0.1) is 7.11 Å². The number of likely N-dealkylation sites (tertiary alicyclic amines) is 1. The topological polar surface area (TPSA) is 78.9 Å². The number of carbonyl (C=O) groups is 1. The van der Waals surface area contributed by atoms with E-state index < -0.39 is 10.0 Å². The number of nitrogens with one attached hydrogen (secondary N) is 1. The summed E-state index contributed by atoms with van der Waals surface area (Å²) in [5.41, 5.74) is 2.23. The zero-order valence-corrected chi connectivity index (χ0v) is 18.7. The molecule has 0 unspecified atom stereocenters. The Labute approximate surface area is 184 Å². The van der Waals surface area contributed by atoms with Crippen molar-refractivity contribution in [3.63, 3.8) is 0 Å². The van der Waals surface area contributed by atoms with Crippen LogP contribution in [0.3, 0.4) is 0 Å². The van der Waals surface area contributed by atoms with Crippen LogP contribution >= 0.6 is 0 Å². The van der Waals surface area contributed by atoms with Crippen molar-refractivity contribution in [1.82, 2.24) is 4.90 Å². The molecule has 2 aromatic carbocycles. The van der Waals surface area contributed by atoms with E-state index in [1.54, 1.807) is 29.2 Å². The number of anilines is 2. The van der Waals surface area contributed by atoms with E-state index >= 15 is 0 Å². The lowest BCUT2D eigenvalue weighted by molar-refractivity contribution is -0.117. The van der Waals surface area contributed by atoms with Crippen LogP contribution in [0.2, 0.25) is 0 Å². The lowest BCUT2D eigenvalue weighted by Crippen LogP contribution is -2.29. The molecule has 8 heteroatoms. The third kappa shape index (κ3) is 5.02. The average molecular weight is 444 g/mol. The third-order valence-corrected chi connectivity index (χ3v) is 7.29. The molecule has 2 aromatic rings. The van der Waals surface area contributed by atoms with E-state index in [0.717, 1.165) is 31.6 Å². The number of hydrogen-bond donors (Lipinski definition) is 1. The van der Waals surface area contributed by atoms with E-state index in [1.807, 2.05) is 12.1 Å². The summed E-state index contributed by atoms with van der Waals surface area (Å²) in [6.45, 7) is 3.71. The fourth-order valence-corrected chi connectivity index (χ4v) is 5.48. The maximum atomic E-state index is 13.1. The number of benzene rings is 2. The fraction of sp³-hybridized carbons (Fsp3) is 0.435. The minimum absolute atomic E-state index is 0.00534. The zero-order chi connectivity index (χ0) is 21.8. The van der Waals surface area contributed by atoms with E-state index in [4.69, 9.17) is 4.74 Å². The number of ether oxygens (including phenoxy) is 1. The molecule has 4 rings (SSSR count). The van der Waals surface area contributed by atoms with E-state index in [-0.39, 0.29) is 16.6 Å². The average Bonchev–Trinajstić information content (AvgIpc) is 3.21. The first-order chi connectivity index (χ1) is 15.0. The molecule has 0 aliphatic carbocycles. The summed E-state index contributed by atoms with van der Waals surface area (Å²) in [6.07, 6.45) is 5.03. The SMILES string of the molecule is COc1ccc(N2CCCC2=O)cc1S(=O)(=O)Nc1ccc(CN2CCCCC2)cc1. The number of methoxy groups -OCH3 is 1. The molecule has 2 saturated heterocycles. The third-order valence-electron chi connectivity index (χ3n) is 5.88. The van der Waals surface area contributed by atoms with Crippen LogP contribution in [0.4, 0.5) is 11.4 Å². The van der Waals surface area contributed by atoms with Gasteiger partial charge in [0.2, 0.25) is 5.91 Å². The maximum absolute atomic E-state index is 13.1. The number of amides is 1. The van der Waals surface area contributed by atoms with Gasteiger partial charge in [0.25, 0.3) is 10.0 Å². The molecule has 1 amide bonds. The standard InChI is InChI=1S/C23H29N3O4S/c1-30-21-12-11-20(26-15-5-6-23(26)27)16-22(21)31(28,29)24-19-9-7-18(8-10-19)17-25-13-3-2-4-14-25/h7-12,16,24H,2-6,13-15,17H2,1H3. The van der Waals surface area contributed by atoms with Crippen molar-refractivity contribution in [2.75, 3.05) is 36.4 Å². The lowest BCUT2D eigenvalue weighted by atomic mass is 10.1. The van der Waals surface area contributed by atoms with Gasteiger partial charge >= 0.3 is 0 Å². The fourth-order valence-electron chi connectivity index (χ4n) is 4.23. The van der Waals surface area contributed by atoms with Gasteiger partial charge < -0.3 is 9.64 Å². The molecule has 1 N–H and O–H groups in total. The Kier molecular flexibility index (Phi) is 6.48. The van der Waals surface area contributed by atoms with Gasteiger partial charge in [-0.25, -0.2) is 8.42 Å². The minimum Gasteiger partial charge on any atom is -0.495 e. The second kappa shape index (κ2) is 9.28. The van der Waals surface area contributed by atoms with E-state index in [9.17, 15) is 13.2 Å². The van der Waals surface area contributed by atoms with E-state index in [1.165, 1.54) is 32.4 Å². The highest BCUT2D eigenvalue weighted by molar-refractivity contribution is 7.92. The summed E-state index contributed by atoms with van der Waals surface area (Å²) in [4.78, 5) is 16.1. The van der Waals surface area contributed by atoms with Crippen molar-refractivity contribution >= 4 is 27.3 Å². The van der Waals surface area contributed by atoms with Crippen molar-refractivity contribution in [2.24, 2.45) is 0 Å². The van der Waals surface area contributed by atoms with Gasteiger partial charge in [0, 0.05) is 30.9 Å². The molecule has 0 atom stereocenters. The number of hydrogen-bond acceptors (Lipinski definition) is 5. The van der Waals surface area contributed by atoms with Crippen LogP contribution in [0.25, 0.3) is 0 Å². The Hall–Kier alpha value is -2.58. The Balaban J connectivity index is 1.52. The number of nitrogens with zero attached hydrogens (tertiary/aromatic N) is 2. The van der Waals surface area contributed by atoms with Crippen LogP contribution in [0.5, 0.6) is 5.75 Å². The highest BCUT2D eigenvalue weighted by Gasteiger charge is 2.26. The molecule has 0 spiro atoms. The lowest BCUT2D eigenvalue weighted by Gasteiger charge is -2.26. The van der Waals surface area contributed by atoms with Gasteiger partial charge in [0.15, 0.2) is 0 Å². The quantitative estimate of drug-likeness (QED) is 0.707. The second-order valence-corrected chi connectivity index (χ2v) is 9.77. The highest BCUT2D eigenvalue weighted by atomic mass is 32.2. The molecule has 2 heterocycles. The smallest absolute Gasteiger partial charge is 0.265 e. The van der Waals surface area contributed by atoms with Crippen LogP contribution in [0.1, 0.15) is 37.7 Å². The molecule has 0 bridgehead atoms. The summed E-state index contributed by atoms with van der Waals surface area (Å²) in [6, 6.07) is 12.3. The molecule has 166 valence electrons. The van der Waals surface area contributed by atoms with Gasteiger partial charge in [0.1, 0.15) is 10.6 Å². The molecule has 0 radical (unpaired) electrons. The normalized spacial score (nSPS) is 17.7. The maximum Gasteiger partial charge on any atom is 0.265 e. The number of rotatable bonds is 7. The second-order valence-electron chi connectivity index (χ2n) is 8.12. The van der Waals surface area contributed by atoms with Crippen molar-refractivity contribution in [2.45, 2.75) is 43.5 Å². The number of sulfonamides is 1. The van der Waals surface area contributed by atoms with Crippen molar-refractivity contribution in [3.05, 3.63) is 48.0 Å². The van der Waals surface area contributed by atoms with Crippen molar-refractivity contribution in [1.29, 1.82) is 0 Å². The van der Waals surface area contributed by atoms with Crippen LogP contribution in [0, 0.1) is 0 Å². The first kappa shape index (κ1) is 21.6. The number of carbonyl (C=O) groups excluding carboxylic acids is 1. The molecular weight excluding hydrogens is 414 g/mol. The van der Waals surface area contributed by atoms with Gasteiger partial charge in [-0.05, 0) is 68.2 Å². The molecule has 0 saturated carbocycles. The van der Waals surface area contributed by atoms with E-state index in [2.05, 4.69) is 9.62 Å². The number of piperidine rings is 1. The molecule has 7 nitrogen and oxygen atoms in total. The highest BCUT2D eigenvalue weighted by Crippen LogP contribution is 2.32. The minimum atomic E-state index is -3.89. The Morgan fingerprint density at radius 1 is 0.968 bits per heavy atom. The summed E-state index contributed by atoms with van der Waals surface area (Å²) < 4.78 is 34.2. The van der Waals surface area contributed by atoms with Crippen LogP contribution < -0.4 is 14.4 Å². The van der Waals surface area contributed by atoms with Gasteiger partial charge in [-0.2, -0.15) is 0 Å². The van der Waals surface area contributed by atoms with Gasteiger partial charge in [-0.3, -0.25) is 14.4 Å². The predicted octanol–water partition coefficient (Wildman–Crippen LogP) is 3.61. The van der Waals surface area contributed by atoms with Gasteiger partial charge in [-0.1, -0.05) is 18.6 Å². The van der Waals surface area contributed by atoms with Crippen molar-refractivity contribution < 1.29 is 17.9 Å². The van der Waals surface area contributed by atoms with Crippen LogP contribution in [-0.4, -0.2) is 46.0 Å². The van der Waals surface area contributed by atoms with Gasteiger partial charge in [-0.15, -0.1) is 0 Å². The molecule has 0 aromatic heterocycles. The first-order valence-corrected chi connectivity index (χ1v) is 12.3. The largest absolute Gasteiger partial charge is 0.495 e. The molecule has 2 fully saturated rings. The Morgan fingerprint density at radius 3 is 2.35 bits per heavy atom. The zero-order valence-electron chi connectivity index (χ0n) is 17.8.